The van der Waals surface area contributed by atoms with Crippen molar-refractivity contribution in [2.24, 2.45) is 11.7 Å². The van der Waals surface area contributed by atoms with Gasteiger partial charge in [0.2, 0.25) is 0 Å². The Morgan fingerprint density at radius 1 is 1.36 bits per heavy atom. The minimum atomic E-state index is -0.462. The van der Waals surface area contributed by atoms with Crippen molar-refractivity contribution >= 4 is 5.91 Å². The largest absolute Gasteiger partial charge is 0.483 e. The van der Waals surface area contributed by atoms with Crippen LogP contribution < -0.4 is 10.5 Å². The van der Waals surface area contributed by atoms with Crippen molar-refractivity contribution in [1.29, 1.82) is 0 Å². The molecule has 6 heteroatoms. The van der Waals surface area contributed by atoms with E-state index in [9.17, 15) is 4.79 Å². The van der Waals surface area contributed by atoms with Crippen molar-refractivity contribution in [3.8, 4) is 17.0 Å². The number of hydrogen-bond donors (Lipinski definition) is 2. The van der Waals surface area contributed by atoms with Gasteiger partial charge in [-0.05, 0) is 25.0 Å². The van der Waals surface area contributed by atoms with Crippen LogP contribution in [0.2, 0.25) is 0 Å². The fourth-order valence-electron chi connectivity index (χ4n) is 3.30. The lowest BCUT2D eigenvalue weighted by Crippen LogP contribution is -2.27. The van der Waals surface area contributed by atoms with Crippen LogP contribution in [0, 0.1) is 5.92 Å². The van der Waals surface area contributed by atoms with E-state index in [1.54, 1.807) is 12.4 Å². The Morgan fingerprint density at radius 2 is 2.18 bits per heavy atom. The van der Waals surface area contributed by atoms with Crippen LogP contribution in [-0.2, 0) is 4.74 Å². The Kier molecular flexibility index (Phi) is 3.11. The van der Waals surface area contributed by atoms with Crippen molar-refractivity contribution in [3.05, 3.63) is 35.8 Å². The second-order valence-electron chi connectivity index (χ2n) is 5.74. The van der Waals surface area contributed by atoms with Crippen LogP contribution in [-0.4, -0.2) is 29.1 Å². The maximum atomic E-state index is 11.5. The standard InChI is InChI=1S/C16H17N3O3/c17-16(20)12-7-11-14(19-12)10-1-4-18-8-13(10)22-15(11)9-2-5-21-6-3-9/h1,4,7-9,15,19H,2-3,5-6H2,(H2,17,20)/t15-/m0/s1. The molecule has 22 heavy (non-hydrogen) atoms. The molecule has 114 valence electrons. The molecule has 1 atom stereocenters. The van der Waals surface area contributed by atoms with Crippen LogP contribution in [0.1, 0.15) is 35.0 Å². The molecule has 4 rings (SSSR count). The van der Waals surface area contributed by atoms with Gasteiger partial charge in [-0.2, -0.15) is 0 Å². The number of hydrogen-bond acceptors (Lipinski definition) is 4. The first kappa shape index (κ1) is 13.3. The number of rotatable bonds is 2. The number of amides is 1. The summed E-state index contributed by atoms with van der Waals surface area (Å²) in [6.45, 7) is 1.49. The SMILES string of the molecule is NC(=O)c1cc2c([nH]1)-c1ccncc1O[C@H]2C1CCOCC1. The third kappa shape index (κ3) is 2.07. The highest BCUT2D eigenvalue weighted by atomic mass is 16.5. The Labute approximate surface area is 127 Å². The Hall–Kier alpha value is -2.34. The van der Waals surface area contributed by atoms with Gasteiger partial charge in [-0.3, -0.25) is 9.78 Å². The predicted molar refractivity (Wildman–Crippen MR) is 79.5 cm³/mol. The molecule has 0 aromatic carbocycles. The fourth-order valence-corrected chi connectivity index (χ4v) is 3.30. The van der Waals surface area contributed by atoms with Crippen LogP contribution in [0.3, 0.4) is 0 Å². The molecule has 0 aliphatic carbocycles. The van der Waals surface area contributed by atoms with Crippen molar-refractivity contribution < 1.29 is 14.3 Å². The number of aromatic nitrogens is 2. The van der Waals surface area contributed by atoms with Crippen LogP contribution in [0.4, 0.5) is 0 Å². The first-order chi connectivity index (χ1) is 10.7. The highest BCUT2D eigenvalue weighted by molar-refractivity contribution is 5.93. The molecule has 2 aliphatic heterocycles. The lowest BCUT2D eigenvalue weighted by Gasteiger charge is -2.34. The number of carbonyl (C=O) groups is 1. The van der Waals surface area contributed by atoms with E-state index in [0.717, 1.165) is 48.6 Å². The topological polar surface area (TPSA) is 90.2 Å². The van der Waals surface area contributed by atoms with Crippen LogP contribution in [0.25, 0.3) is 11.3 Å². The molecule has 2 aromatic rings. The first-order valence-corrected chi connectivity index (χ1v) is 7.45. The van der Waals surface area contributed by atoms with Gasteiger partial charge in [0.05, 0.1) is 11.9 Å². The van der Waals surface area contributed by atoms with E-state index in [1.165, 1.54) is 0 Å². The van der Waals surface area contributed by atoms with Gasteiger partial charge in [-0.1, -0.05) is 0 Å². The van der Waals surface area contributed by atoms with E-state index in [-0.39, 0.29) is 6.10 Å². The molecule has 6 nitrogen and oxygen atoms in total. The average molecular weight is 299 g/mol. The Bertz CT molecular complexity index is 719. The van der Waals surface area contributed by atoms with Gasteiger partial charge < -0.3 is 20.2 Å². The summed E-state index contributed by atoms with van der Waals surface area (Å²) in [5.74, 6) is 0.637. The molecule has 1 saturated heterocycles. The number of nitrogens with zero attached hydrogens (tertiary/aromatic N) is 1. The van der Waals surface area contributed by atoms with Gasteiger partial charge in [-0.25, -0.2) is 0 Å². The quantitative estimate of drug-likeness (QED) is 0.888. The maximum absolute atomic E-state index is 11.5. The summed E-state index contributed by atoms with van der Waals surface area (Å²) in [5.41, 5.74) is 8.67. The smallest absolute Gasteiger partial charge is 0.265 e. The molecule has 2 aromatic heterocycles. The lowest BCUT2D eigenvalue weighted by molar-refractivity contribution is 0.0162. The molecule has 0 radical (unpaired) electrons. The molecule has 0 spiro atoms. The van der Waals surface area contributed by atoms with Gasteiger partial charge in [0.15, 0.2) is 0 Å². The van der Waals surface area contributed by atoms with Crippen molar-refractivity contribution in [3.63, 3.8) is 0 Å². The number of H-pyrrole nitrogens is 1. The van der Waals surface area contributed by atoms with Crippen LogP contribution in [0.15, 0.2) is 24.5 Å². The monoisotopic (exact) mass is 299 g/mol. The number of pyridine rings is 1. The Balaban J connectivity index is 1.82. The first-order valence-electron chi connectivity index (χ1n) is 7.45. The fraction of sp³-hybridized carbons (Fsp3) is 0.375. The number of aromatic amines is 1. The molecule has 4 heterocycles. The van der Waals surface area contributed by atoms with E-state index in [0.29, 0.717) is 11.6 Å². The third-order valence-electron chi connectivity index (χ3n) is 4.42. The summed E-state index contributed by atoms with van der Waals surface area (Å²) in [4.78, 5) is 18.8. The zero-order valence-electron chi connectivity index (χ0n) is 12.0. The van der Waals surface area contributed by atoms with Gasteiger partial charge in [-0.15, -0.1) is 0 Å². The summed E-state index contributed by atoms with van der Waals surface area (Å²) in [5, 5.41) is 0. The second-order valence-corrected chi connectivity index (χ2v) is 5.74. The van der Waals surface area contributed by atoms with Gasteiger partial charge in [0.25, 0.3) is 5.91 Å². The highest BCUT2D eigenvalue weighted by Gasteiger charge is 2.35. The molecule has 0 bridgehead atoms. The molecule has 0 unspecified atom stereocenters. The van der Waals surface area contributed by atoms with E-state index in [4.69, 9.17) is 15.2 Å². The normalized spacial score (nSPS) is 20.8. The zero-order chi connectivity index (χ0) is 15.1. The number of nitrogens with two attached hydrogens (primary N) is 1. The van der Waals surface area contributed by atoms with E-state index in [2.05, 4.69) is 9.97 Å². The van der Waals surface area contributed by atoms with Crippen molar-refractivity contribution in [2.75, 3.05) is 13.2 Å². The average Bonchev–Trinajstić information content (AvgIpc) is 3.01. The third-order valence-corrected chi connectivity index (χ3v) is 4.42. The molecular weight excluding hydrogens is 282 g/mol. The number of ether oxygens (including phenoxy) is 2. The zero-order valence-corrected chi connectivity index (χ0v) is 12.0. The summed E-state index contributed by atoms with van der Waals surface area (Å²) >= 11 is 0. The van der Waals surface area contributed by atoms with Gasteiger partial charge in [0, 0.05) is 36.5 Å². The predicted octanol–water partition coefficient (Wildman–Crippen LogP) is 2.04. The van der Waals surface area contributed by atoms with E-state index < -0.39 is 5.91 Å². The number of nitrogens with one attached hydrogen (secondary N) is 1. The number of primary amides is 1. The molecule has 1 fully saturated rings. The van der Waals surface area contributed by atoms with Gasteiger partial charge in [0.1, 0.15) is 17.5 Å². The molecular formula is C16H17N3O3. The Morgan fingerprint density at radius 3 is 2.95 bits per heavy atom. The van der Waals surface area contributed by atoms with Crippen molar-refractivity contribution in [1.82, 2.24) is 9.97 Å². The van der Waals surface area contributed by atoms with Crippen LogP contribution in [0.5, 0.6) is 5.75 Å². The molecule has 1 amide bonds. The summed E-state index contributed by atoms with van der Waals surface area (Å²) in [6, 6.07) is 3.71. The number of fused-ring (bicyclic) bond motifs is 3. The highest BCUT2D eigenvalue weighted by Crippen LogP contribution is 2.46. The lowest BCUT2D eigenvalue weighted by atomic mass is 9.86. The second kappa shape index (κ2) is 5.14. The number of carbonyl (C=O) groups excluding carboxylic acids is 1. The molecule has 3 N–H and O–H groups in total. The van der Waals surface area contributed by atoms with E-state index in [1.807, 2.05) is 12.1 Å². The summed E-state index contributed by atoms with van der Waals surface area (Å²) < 4.78 is 11.6. The maximum Gasteiger partial charge on any atom is 0.265 e. The van der Waals surface area contributed by atoms with Gasteiger partial charge >= 0.3 is 0 Å². The minimum Gasteiger partial charge on any atom is -0.483 e. The molecule has 0 saturated carbocycles. The summed E-state index contributed by atoms with van der Waals surface area (Å²) in [7, 11) is 0. The van der Waals surface area contributed by atoms with Crippen molar-refractivity contribution in [2.45, 2.75) is 18.9 Å². The summed E-state index contributed by atoms with van der Waals surface area (Å²) in [6.07, 6.45) is 5.22. The van der Waals surface area contributed by atoms with E-state index >= 15 is 0 Å². The minimum absolute atomic E-state index is 0.0973. The molecule has 2 aliphatic rings. The van der Waals surface area contributed by atoms with Crippen LogP contribution >= 0.6 is 0 Å².